The van der Waals surface area contributed by atoms with Gasteiger partial charge in [-0.15, -0.1) is 0 Å². The van der Waals surface area contributed by atoms with Crippen LogP contribution in [0.2, 0.25) is 0 Å². The number of esters is 1. The molecule has 0 heterocycles. The second-order valence-corrected chi connectivity index (χ2v) is 5.63. The summed E-state index contributed by atoms with van der Waals surface area (Å²) in [5.74, 6) is -0.323. The second-order valence-electron chi connectivity index (χ2n) is 4.33. The zero-order chi connectivity index (χ0) is 13.6. The van der Waals surface area contributed by atoms with Gasteiger partial charge in [0.2, 0.25) is 0 Å². The number of hydrogen-bond donors (Lipinski definition) is 0. The zero-order valence-electron chi connectivity index (χ0n) is 11.3. The van der Waals surface area contributed by atoms with E-state index in [9.17, 15) is 4.79 Å². The van der Waals surface area contributed by atoms with Crippen LogP contribution in [0.15, 0.2) is 12.7 Å². The molecule has 0 aromatic carbocycles. The minimum absolute atomic E-state index is 0.323. The molecule has 0 aliphatic carbocycles. The molecule has 0 aliphatic rings. The van der Waals surface area contributed by atoms with Crippen molar-refractivity contribution in [3.63, 3.8) is 0 Å². The zero-order valence-corrected chi connectivity index (χ0v) is 12.9. The van der Waals surface area contributed by atoms with Gasteiger partial charge in [-0.3, -0.25) is 0 Å². The van der Waals surface area contributed by atoms with Crippen molar-refractivity contribution in [2.45, 2.75) is 49.8 Å². The lowest BCUT2D eigenvalue weighted by Crippen LogP contribution is -2.05. The molecule has 0 radical (unpaired) electrons. The van der Waals surface area contributed by atoms with E-state index >= 15 is 0 Å². The predicted octanol–water partition coefficient (Wildman–Crippen LogP) is 3.86. The molecule has 18 heavy (non-hydrogen) atoms. The molecule has 4 heteroatoms. The smallest absolute Gasteiger partial charge is 0.330 e. The molecule has 0 saturated carbocycles. The highest BCUT2D eigenvalue weighted by molar-refractivity contribution is 9.09. The van der Waals surface area contributed by atoms with E-state index in [2.05, 4.69) is 22.5 Å². The lowest BCUT2D eigenvalue weighted by atomic mass is 10.1. The third-order valence-corrected chi connectivity index (χ3v) is 3.39. The van der Waals surface area contributed by atoms with E-state index in [-0.39, 0.29) is 5.97 Å². The largest absolute Gasteiger partial charge is 0.463 e. The molecule has 3 nitrogen and oxygen atoms in total. The van der Waals surface area contributed by atoms with Gasteiger partial charge in [-0.1, -0.05) is 54.6 Å². The van der Waals surface area contributed by atoms with Crippen molar-refractivity contribution in [2.75, 3.05) is 20.3 Å². The van der Waals surface area contributed by atoms with E-state index < -0.39 is 0 Å². The standard InChI is InChI=1S/C14H25BrO3/c1-3-14(16)18-11-9-7-5-4-6-8-10-13(15)12-17-2/h3,13H,1,4-12H2,2H3. The molecule has 0 fully saturated rings. The quantitative estimate of drug-likeness (QED) is 0.237. The van der Waals surface area contributed by atoms with Crippen LogP contribution in [0.3, 0.4) is 0 Å². The van der Waals surface area contributed by atoms with E-state index in [1.54, 1.807) is 7.11 Å². The molecule has 0 aromatic rings. The van der Waals surface area contributed by atoms with Crippen molar-refractivity contribution in [2.24, 2.45) is 0 Å². The van der Waals surface area contributed by atoms with Crippen LogP contribution in [0.25, 0.3) is 0 Å². The molecule has 1 unspecified atom stereocenters. The molecule has 0 aliphatic heterocycles. The van der Waals surface area contributed by atoms with E-state index in [0.717, 1.165) is 19.4 Å². The minimum atomic E-state index is -0.323. The average Bonchev–Trinajstić information content (AvgIpc) is 2.36. The Balaban J connectivity index is 3.12. The Kier molecular flexibility index (Phi) is 12.8. The van der Waals surface area contributed by atoms with Crippen LogP contribution in [-0.4, -0.2) is 31.1 Å². The molecule has 0 bridgehead atoms. The topological polar surface area (TPSA) is 35.5 Å². The van der Waals surface area contributed by atoms with Gasteiger partial charge >= 0.3 is 5.97 Å². The Morgan fingerprint density at radius 2 is 1.83 bits per heavy atom. The Hall–Kier alpha value is -0.350. The maximum Gasteiger partial charge on any atom is 0.330 e. The van der Waals surface area contributed by atoms with Crippen LogP contribution in [0.1, 0.15) is 44.9 Å². The van der Waals surface area contributed by atoms with Crippen LogP contribution >= 0.6 is 15.9 Å². The fraction of sp³-hybridized carbons (Fsp3) is 0.786. The van der Waals surface area contributed by atoms with Crippen molar-refractivity contribution < 1.29 is 14.3 Å². The summed E-state index contributed by atoms with van der Waals surface area (Å²) in [4.78, 5) is 11.2. The van der Waals surface area contributed by atoms with Crippen molar-refractivity contribution in [3.8, 4) is 0 Å². The lowest BCUT2D eigenvalue weighted by Gasteiger charge is -2.07. The first kappa shape index (κ1) is 17.6. The molecule has 0 N–H and O–H groups in total. The van der Waals surface area contributed by atoms with Crippen LogP contribution in [-0.2, 0) is 14.3 Å². The number of hydrogen-bond acceptors (Lipinski definition) is 3. The maximum absolute atomic E-state index is 10.7. The summed E-state index contributed by atoms with van der Waals surface area (Å²) in [5, 5.41) is 0. The van der Waals surface area contributed by atoms with Crippen LogP contribution in [0.4, 0.5) is 0 Å². The Labute approximate surface area is 119 Å². The van der Waals surface area contributed by atoms with Gasteiger partial charge in [-0.05, 0) is 12.8 Å². The van der Waals surface area contributed by atoms with Gasteiger partial charge in [0.1, 0.15) is 0 Å². The van der Waals surface area contributed by atoms with Crippen molar-refractivity contribution in [1.29, 1.82) is 0 Å². The molecule has 0 spiro atoms. The van der Waals surface area contributed by atoms with Gasteiger partial charge in [0.25, 0.3) is 0 Å². The number of rotatable bonds is 12. The Morgan fingerprint density at radius 3 is 2.44 bits per heavy atom. The molecular formula is C14H25BrO3. The highest BCUT2D eigenvalue weighted by Crippen LogP contribution is 2.13. The van der Waals surface area contributed by atoms with Crippen molar-refractivity contribution >= 4 is 21.9 Å². The number of carbonyl (C=O) groups excluding carboxylic acids is 1. The normalized spacial score (nSPS) is 12.1. The summed E-state index contributed by atoms with van der Waals surface area (Å²) >= 11 is 3.58. The highest BCUT2D eigenvalue weighted by Gasteiger charge is 2.02. The molecule has 106 valence electrons. The Bertz CT molecular complexity index is 219. The maximum atomic E-state index is 10.7. The van der Waals surface area contributed by atoms with E-state index in [1.807, 2.05) is 0 Å². The summed E-state index contributed by atoms with van der Waals surface area (Å²) in [6.07, 6.45) is 9.42. The first-order valence-electron chi connectivity index (χ1n) is 6.63. The van der Waals surface area contributed by atoms with Gasteiger partial charge < -0.3 is 9.47 Å². The molecule has 1 atom stereocenters. The van der Waals surface area contributed by atoms with Gasteiger partial charge in [-0.2, -0.15) is 0 Å². The van der Waals surface area contributed by atoms with Gasteiger partial charge in [0, 0.05) is 18.0 Å². The molecular weight excluding hydrogens is 296 g/mol. The summed E-state index contributed by atoms with van der Waals surface area (Å²) in [5.41, 5.74) is 0. The molecule has 0 amide bonds. The summed E-state index contributed by atoms with van der Waals surface area (Å²) in [7, 11) is 1.73. The van der Waals surface area contributed by atoms with E-state index in [0.29, 0.717) is 11.4 Å². The van der Waals surface area contributed by atoms with Crippen LogP contribution < -0.4 is 0 Å². The summed E-state index contributed by atoms with van der Waals surface area (Å²) in [6.45, 7) is 4.65. The Morgan fingerprint density at radius 1 is 1.22 bits per heavy atom. The number of alkyl halides is 1. The highest BCUT2D eigenvalue weighted by atomic mass is 79.9. The fourth-order valence-corrected chi connectivity index (χ4v) is 2.26. The minimum Gasteiger partial charge on any atom is -0.463 e. The second kappa shape index (κ2) is 13.1. The number of methoxy groups -OCH3 is 1. The van der Waals surface area contributed by atoms with Crippen molar-refractivity contribution in [1.82, 2.24) is 0 Å². The number of halogens is 1. The van der Waals surface area contributed by atoms with Crippen molar-refractivity contribution in [3.05, 3.63) is 12.7 Å². The third-order valence-electron chi connectivity index (χ3n) is 2.67. The summed E-state index contributed by atoms with van der Waals surface area (Å²) in [6, 6.07) is 0. The number of carbonyl (C=O) groups is 1. The SMILES string of the molecule is C=CC(=O)OCCCCCCCCC(Br)COC. The van der Waals surface area contributed by atoms with Gasteiger partial charge in [-0.25, -0.2) is 4.79 Å². The lowest BCUT2D eigenvalue weighted by molar-refractivity contribution is -0.137. The van der Waals surface area contributed by atoms with E-state index in [4.69, 9.17) is 9.47 Å². The van der Waals surface area contributed by atoms with Crippen LogP contribution in [0, 0.1) is 0 Å². The molecule has 0 aromatic heterocycles. The van der Waals surface area contributed by atoms with Gasteiger partial charge in [0.05, 0.1) is 13.2 Å². The first-order chi connectivity index (χ1) is 8.70. The monoisotopic (exact) mass is 320 g/mol. The predicted molar refractivity (Wildman–Crippen MR) is 78.1 cm³/mol. The molecule has 0 saturated heterocycles. The average molecular weight is 321 g/mol. The van der Waals surface area contributed by atoms with Crippen LogP contribution in [0.5, 0.6) is 0 Å². The van der Waals surface area contributed by atoms with Gasteiger partial charge in [0.15, 0.2) is 0 Å². The molecule has 0 rings (SSSR count). The number of unbranched alkanes of at least 4 members (excludes halogenated alkanes) is 5. The fourth-order valence-electron chi connectivity index (χ4n) is 1.67. The first-order valence-corrected chi connectivity index (χ1v) is 7.54. The van der Waals surface area contributed by atoms with E-state index in [1.165, 1.54) is 38.2 Å². The summed E-state index contributed by atoms with van der Waals surface area (Å²) < 4.78 is 9.96. The number of ether oxygens (including phenoxy) is 2. The third kappa shape index (κ3) is 12.1.